The van der Waals surface area contributed by atoms with Crippen LogP contribution in [0.1, 0.15) is 67.6 Å². The first-order valence-corrected chi connectivity index (χ1v) is 23.5. The number of benzene rings is 4. The molecular formula is C51H63ClN8O8. The lowest BCUT2D eigenvalue weighted by Crippen LogP contribution is -2.56. The smallest absolute Gasteiger partial charge is 0.251 e. The van der Waals surface area contributed by atoms with Gasteiger partial charge in [0.2, 0.25) is 23.6 Å². The van der Waals surface area contributed by atoms with Crippen molar-refractivity contribution in [1.82, 2.24) is 36.0 Å². The predicted octanol–water partition coefficient (Wildman–Crippen LogP) is 4.07. The molecule has 5 atom stereocenters. The molecule has 1 fully saturated rings. The maximum Gasteiger partial charge on any atom is 0.251 e. The van der Waals surface area contributed by atoms with Crippen molar-refractivity contribution in [3.8, 4) is 33.8 Å². The van der Waals surface area contributed by atoms with Crippen LogP contribution in [0.3, 0.4) is 0 Å². The van der Waals surface area contributed by atoms with Crippen molar-refractivity contribution >= 4 is 46.9 Å². The van der Waals surface area contributed by atoms with Crippen LogP contribution in [0.4, 0.5) is 0 Å². The molecule has 2 aliphatic rings. The van der Waals surface area contributed by atoms with Crippen LogP contribution in [-0.2, 0) is 30.4 Å². The molecule has 17 heteroatoms. The molecule has 1 saturated heterocycles. The molecule has 4 aromatic rings. The molecule has 7 N–H and O–H groups in total. The largest absolute Gasteiger partial charge is 0.507 e. The standard InChI is InChI=1S/C51H63ClN8O8/c1-31(33(3)61)54-49(65)43-29-34-9-19-44(62)40(28-34)41-30-38(16-20-45(41)68-27-26-60-24-22-58(4)23-25-60)46(50(66)55-32(2)47(63)57-43)59(5)51(67)42(8-6-7-21-53)56-48(64)37-12-10-35(11-13-37)36-14-17-39(52)18-15-36/h9-20,28,30-32,42-43,46,62H,6-8,21-27,29,53H2,1-5H3,(H,54,65)(H,55,66)(H,56,64)(H,57,63)/t31-,32-,42-,43-,46-/m0/s1. The van der Waals surface area contributed by atoms with Gasteiger partial charge in [0, 0.05) is 67.9 Å². The van der Waals surface area contributed by atoms with E-state index < -0.39 is 59.7 Å². The first kappa shape index (κ1) is 51.1. The minimum atomic E-state index is -1.38. The third-order valence-electron chi connectivity index (χ3n) is 12.6. The maximum absolute atomic E-state index is 14.8. The third kappa shape index (κ3) is 13.2. The Hall–Kier alpha value is -6.33. The van der Waals surface area contributed by atoms with Gasteiger partial charge in [-0.05, 0) is 124 Å². The number of ether oxygens (including phenoxy) is 1. The lowest BCUT2D eigenvalue weighted by molar-refractivity contribution is -0.141. The molecule has 4 bridgehead atoms. The minimum Gasteiger partial charge on any atom is -0.507 e. The SMILES string of the molecule is CC(=O)[C@H](C)NC(=O)[C@@H]1Cc2ccc(O)c(c2)-c2cc(ccc2OCCN2CCN(C)CC2)[C@H](N(C)C(=O)[C@H](CCCCN)NC(=O)c2ccc(-c3ccc(Cl)cc3)cc2)C(=O)N[C@@H](C)C(=O)N1. The number of carbonyl (C=O) groups is 6. The highest BCUT2D eigenvalue weighted by atomic mass is 35.5. The number of aromatic hydroxyl groups is 1. The minimum absolute atomic E-state index is 0.0287. The van der Waals surface area contributed by atoms with E-state index in [1.54, 1.807) is 66.7 Å². The first-order chi connectivity index (χ1) is 32.5. The third-order valence-corrected chi connectivity index (χ3v) is 12.8. The highest BCUT2D eigenvalue weighted by Crippen LogP contribution is 2.40. The van der Waals surface area contributed by atoms with Crippen LogP contribution in [0.15, 0.2) is 84.9 Å². The fourth-order valence-corrected chi connectivity index (χ4v) is 8.35. The fraction of sp³-hybridized carbons (Fsp3) is 0.412. The van der Waals surface area contributed by atoms with E-state index in [0.717, 1.165) is 37.3 Å². The van der Waals surface area contributed by atoms with Gasteiger partial charge in [-0.2, -0.15) is 0 Å². The van der Waals surface area contributed by atoms with Crippen molar-refractivity contribution in [2.24, 2.45) is 5.73 Å². The summed E-state index contributed by atoms with van der Waals surface area (Å²) in [5.41, 5.74) is 9.55. The van der Waals surface area contributed by atoms with Gasteiger partial charge in [-0.3, -0.25) is 33.7 Å². The van der Waals surface area contributed by atoms with Gasteiger partial charge in [0.25, 0.3) is 5.91 Å². The molecule has 0 aliphatic carbocycles. The maximum atomic E-state index is 14.8. The van der Waals surface area contributed by atoms with Crippen LogP contribution in [0, 0.1) is 0 Å². The molecule has 2 aliphatic heterocycles. The van der Waals surface area contributed by atoms with Crippen LogP contribution in [0.25, 0.3) is 22.3 Å². The molecule has 362 valence electrons. The van der Waals surface area contributed by atoms with Crippen LogP contribution in [-0.4, -0.2) is 139 Å². The van der Waals surface area contributed by atoms with E-state index in [0.29, 0.717) is 71.1 Å². The number of ketones is 1. The van der Waals surface area contributed by atoms with Crippen LogP contribution in [0.2, 0.25) is 5.02 Å². The Morgan fingerprint density at radius 3 is 2.22 bits per heavy atom. The number of carbonyl (C=O) groups excluding carboxylic acids is 6. The van der Waals surface area contributed by atoms with Gasteiger partial charge in [-0.15, -0.1) is 0 Å². The Kier molecular flexibility index (Phi) is 17.7. The summed E-state index contributed by atoms with van der Waals surface area (Å²) >= 11 is 6.08. The van der Waals surface area contributed by atoms with E-state index >= 15 is 0 Å². The van der Waals surface area contributed by atoms with E-state index in [9.17, 15) is 33.9 Å². The number of unbranched alkanes of at least 4 members (excludes halogenated alkanes) is 1. The Morgan fingerprint density at radius 1 is 0.882 bits per heavy atom. The lowest BCUT2D eigenvalue weighted by Gasteiger charge is -2.33. The zero-order chi connectivity index (χ0) is 49.1. The number of piperazine rings is 1. The summed E-state index contributed by atoms with van der Waals surface area (Å²) in [4.78, 5) is 88.9. The molecule has 4 aromatic carbocycles. The number of nitrogens with zero attached hydrogens (tertiary/aromatic N) is 3. The van der Waals surface area contributed by atoms with Crippen molar-refractivity contribution in [1.29, 1.82) is 0 Å². The predicted molar refractivity (Wildman–Crippen MR) is 261 cm³/mol. The number of nitrogens with one attached hydrogen (secondary N) is 4. The number of rotatable bonds is 16. The van der Waals surface area contributed by atoms with E-state index in [4.69, 9.17) is 22.1 Å². The second-order valence-corrected chi connectivity index (χ2v) is 18.1. The Balaban J connectivity index is 1.37. The summed E-state index contributed by atoms with van der Waals surface area (Å²) in [6.45, 7) is 9.27. The van der Waals surface area contributed by atoms with Crippen molar-refractivity contribution < 1.29 is 38.6 Å². The average Bonchev–Trinajstić information content (AvgIpc) is 3.32. The van der Waals surface area contributed by atoms with Gasteiger partial charge >= 0.3 is 0 Å². The molecule has 5 amide bonds. The molecule has 0 radical (unpaired) electrons. The highest BCUT2D eigenvalue weighted by molar-refractivity contribution is 6.30. The number of fused-ring (bicyclic) bond motifs is 5. The summed E-state index contributed by atoms with van der Waals surface area (Å²) in [5.74, 6) is -3.15. The Labute approximate surface area is 402 Å². The molecule has 16 nitrogen and oxygen atoms in total. The van der Waals surface area contributed by atoms with Gasteiger partial charge in [0.15, 0.2) is 5.78 Å². The summed E-state index contributed by atoms with van der Waals surface area (Å²) in [7, 11) is 3.54. The van der Waals surface area contributed by atoms with Gasteiger partial charge in [-0.25, -0.2) is 0 Å². The molecule has 6 rings (SSSR count). The van der Waals surface area contributed by atoms with Crippen molar-refractivity contribution in [2.45, 2.75) is 76.7 Å². The van der Waals surface area contributed by atoms with Crippen LogP contribution in [0.5, 0.6) is 11.5 Å². The number of halogens is 1. The number of amides is 5. The molecule has 68 heavy (non-hydrogen) atoms. The number of Topliss-reactive ketones (excluding diaryl/α,β-unsaturated/α-hetero) is 1. The number of hydrogen-bond donors (Lipinski definition) is 6. The summed E-state index contributed by atoms with van der Waals surface area (Å²) in [6, 6.07) is 18.4. The highest BCUT2D eigenvalue weighted by Gasteiger charge is 2.36. The summed E-state index contributed by atoms with van der Waals surface area (Å²) in [5, 5.41) is 23.2. The molecule has 0 saturated carbocycles. The van der Waals surface area contributed by atoms with Crippen molar-refractivity contribution in [3.05, 3.63) is 107 Å². The quantitative estimate of drug-likeness (QED) is 0.0881. The van der Waals surface area contributed by atoms with Gasteiger partial charge in [0.05, 0.1) is 6.04 Å². The zero-order valence-electron chi connectivity index (χ0n) is 39.3. The summed E-state index contributed by atoms with van der Waals surface area (Å²) < 4.78 is 6.45. The van der Waals surface area contributed by atoms with Gasteiger partial charge in [0.1, 0.15) is 42.3 Å². The van der Waals surface area contributed by atoms with Crippen molar-refractivity contribution in [3.63, 3.8) is 0 Å². The first-order valence-electron chi connectivity index (χ1n) is 23.1. The zero-order valence-corrected chi connectivity index (χ0v) is 40.1. The summed E-state index contributed by atoms with van der Waals surface area (Å²) in [6.07, 6.45) is 1.24. The number of phenols is 1. The van der Waals surface area contributed by atoms with E-state index in [-0.39, 0.29) is 24.4 Å². The number of nitrogens with two attached hydrogens (primary N) is 1. The molecule has 0 spiro atoms. The normalized spacial score (nSPS) is 18.8. The second-order valence-electron chi connectivity index (χ2n) is 17.7. The molecule has 2 heterocycles. The van der Waals surface area contributed by atoms with Crippen LogP contribution < -0.4 is 31.7 Å². The molecular weight excluding hydrogens is 888 g/mol. The fourth-order valence-electron chi connectivity index (χ4n) is 8.22. The van der Waals surface area contributed by atoms with E-state index in [2.05, 4.69) is 38.1 Å². The monoisotopic (exact) mass is 950 g/mol. The van der Waals surface area contributed by atoms with Crippen molar-refractivity contribution in [2.75, 3.05) is 60.0 Å². The molecule has 0 unspecified atom stereocenters. The number of hydrogen-bond acceptors (Lipinski definition) is 11. The van der Waals surface area contributed by atoms with Gasteiger partial charge in [-0.1, -0.05) is 48.0 Å². The number of phenolic OH excluding ortho intramolecular Hbond substituents is 1. The van der Waals surface area contributed by atoms with E-state index in [1.165, 1.54) is 38.8 Å². The Bertz CT molecular complexity index is 2440. The van der Waals surface area contributed by atoms with Gasteiger partial charge < -0.3 is 46.6 Å². The van der Waals surface area contributed by atoms with Crippen LogP contribution >= 0.6 is 11.6 Å². The average molecular weight is 952 g/mol. The second kappa shape index (κ2) is 23.6. The Morgan fingerprint density at radius 2 is 1.56 bits per heavy atom. The van der Waals surface area contributed by atoms with E-state index in [1.807, 2.05) is 12.1 Å². The molecule has 0 aromatic heterocycles. The topological polar surface area (TPSA) is 216 Å². The lowest BCUT2D eigenvalue weighted by atomic mass is 9.93. The number of likely N-dealkylation sites (N-methyl/N-ethyl adjacent to an activating group) is 2.